The molecule has 2 heterocycles. The molecule has 4 nitrogen and oxygen atoms in total. The fourth-order valence-electron chi connectivity index (χ4n) is 2.82. The summed E-state index contributed by atoms with van der Waals surface area (Å²) in [5.41, 5.74) is 2.13. The number of para-hydroxylation sites is 2. The second-order valence-electron chi connectivity index (χ2n) is 5.31. The molecule has 0 radical (unpaired) electrons. The molecule has 0 aliphatic rings. The van der Waals surface area contributed by atoms with Crippen LogP contribution in [0.25, 0.3) is 21.7 Å². The molecule has 0 aliphatic heterocycles. The number of rotatable bonds is 5. The van der Waals surface area contributed by atoms with Crippen molar-refractivity contribution in [1.29, 1.82) is 0 Å². The minimum atomic E-state index is 0.102. The number of benzene rings is 1. The van der Waals surface area contributed by atoms with E-state index in [2.05, 4.69) is 17.6 Å². The molecule has 3 aromatic rings. The number of carbonyl (C=O) groups is 1. The molecular weight excluding hydrogens is 306 g/mol. The second-order valence-corrected chi connectivity index (χ2v) is 6.39. The highest BCUT2D eigenvalue weighted by molar-refractivity contribution is 7.17. The number of fused-ring (bicyclic) bond motifs is 1. The number of amides is 1. The largest absolute Gasteiger partial charge is 0.339 e. The third-order valence-electron chi connectivity index (χ3n) is 4.06. The topological polar surface area (TPSA) is 38.1 Å². The van der Waals surface area contributed by atoms with Gasteiger partial charge in [-0.2, -0.15) is 0 Å². The highest BCUT2D eigenvalue weighted by Gasteiger charge is 2.18. The molecule has 0 aliphatic carbocycles. The van der Waals surface area contributed by atoms with E-state index in [1.54, 1.807) is 0 Å². The van der Waals surface area contributed by atoms with Crippen molar-refractivity contribution < 1.29 is 4.79 Å². The Bertz CT molecular complexity index is 830. The van der Waals surface area contributed by atoms with Crippen LogP contribution in [0.4, 0.5) is 0 Å². The van der Waals surface area contributed by atoms with Crippen molar-refractivity contribution in [3.8, 4) is 10.7 Å². The van der Waals surface area contributed by atoms with E-state index in [0.29, 0.717) is 0 Å². The maximum absolute atomic E-state index is 12.5. The average Bonchev–Trinajstić information content (AvgIpc) is 3.20. The van der Waals surface area contributed by atoms with E-state index in [1.807, 2.05) is 49.1 Å². The Labute approximate surface area is 140 Å². The van der Waals surface area contributed by atoms with Gasteiger partial charge in [0.25, 0.3) is 5.91 Å². The van der Waals surface area contributed by atoms with Gasteiger partial charge in [0.2, 0.25) is 0 Å². The summed E-state index contributed by atoms with van der Waals surface area (Å²) in [6.07, 6.45) is 0. The Morgan fingerprint density at radius 1 is 1.13 bits per heavy atom. The van der Waals surface area contributed by atoms with E-state index in [9.17, 15) is 4.79 Å². The number of hydrogen-bond acceptors (Lipinski definition) is 3. The Morgan fingerprint density at radius 3 is 2.57 bits per heavy atom. The summed E-state index contributed by atoms with van der Waals surface area (Å²) in [4.78, 5) is 20.9. The molecule has 0 saturated carbocycles. The predicted molar refractivity (Wildman–Crippen MR) is 96.0 cm³/mol. The van der Waals surface area contributed by atoms with E-state index < -0.39 is 0 Å². The van der Waals surface area contributed by atoms with E-state index in [-0.39, 0.29) is 5.91 Å². The average molecular weight is 327 g/mol. The van der Waals surface area contributed by atoms with Crippen LogP contribution >= 0.6 is 11.3 Å². The summed E-state index contributed by atoms with van der Waals surface area (Å²) in [7, 11) is 0. The van der Waals surface area contributed by atoms with Gasteiger partial charge < -0.3 is 9.47 Å². The lowest BCUT2D eigenvalue weighted by atomic mass is 10.3. The fourth-order valence-corrected chi connectivity index (χ4v) is 3.80. The molecule has 0 unspecified atom stereocenters. The number of aromatic nitrogens is 2. The van der Waals surface area contributed by atoms with Gasteiger partial charge in [0.15, 0.2) is 5.82 Å². The number of aryl methyl sites for hydroxylation is 1. The molecule has 0 bridgehead atoms. The fraction of sp³-hybridized carbons (Fsp3) is 0.333. The number of carbonyl (C=O) groups excluding carboxylic acids is 1. The van der Waals surface area contributed by atoms with Gasteiger partial charge in [-0.15, -0.1) is 11.3 Å². The summed E-state index contributed by atoms with van der Waals surface area (Å²) in [6.45, 7) is 8.45. The molecule has 120 valence electrons. The zero-order chi connectivity index (χ0) is 16.4. The standard InChI is InChI=1S/C18H21N3OS/c1-4-20(5-2)18(22)16-12-11-15(23-16)17-19-13-9-7-8-10-14(13)21(17)6-3/h7-12H,4-6H2,1-3H3. The quantitative estimate of drug-likeness (QED) is 0.702. The van der Waals surface area contributed by atoms with Crippen molar-refractivity contribution in [3.63, 3.8) is 0 Å². The third-order valence-corrected chi connectivity index (χ3v) is 5.13. The van der Waals surface area contributed by atoms with Crippen LogP contribution < -0.4 is 0 Å². The van der Waals surface area contributed by atoms with Crippen LogP contribution in [0.3, 0.4) is 0 Å². The van der Waals surface area contributed by atoms with Gasteiger partial charge in [-0.25, -0.2) is 4.98 Å². The van der Waals surface area contributed by atoms with Gasteiger partial charge in [0, 0.05) is 19.6 Å². The lowest BCUT2D eigenvalue weighted by Gasteiger charge is -2.17. The van der Waals surface area contributed by atoms with Crippen molar-refractivity contribution in [2.75, 3.05) is 13.1 Å². The van der Waals surface area contributed by atoms with Gasteiger partial charge in [0.05, 0.1) is 20.8 Å². The van der Waals surface area contributed by atoms with E-state index in [0.717, 1.165) is 46.2 Å². The third kappa shape index (κ3) is 2.77. The van der Waals surface area contributed by atoms with E-state index in [4.69, 9.17) is 4.98 Å². The molecule has 3 rings (SSSR count). The lowest BCUT2D eigenvalue weighted by Crippen LogP contribution is -2.29. The molecule has 0 atom stereocenters. The Hall–Kier alpha value is -2.14. The van der Waals surface area contributed by atoms with Gasteiger partial charge in [-0.1, -0.05) is 12.1 Å². The summed E-state index contributed by atoms with van der Waals surface area (Å²) in [6, 6.07) is 12.1. The van der Waals surface area contributed by atoms with Crippen molar-refractivity contribution in [1.82, 2.24) is 14.5 Å². The first-order valence-electron chi connectivity index (χ1n) is 8.04. The van der Waals surface area contributed by atoms with Crippen LogP contribution in [0, 0.1) is 0 Å². The highest BCUT2D eigenvalue weighted by atomic mass is 32.1. The molecule has 1 aromatic carbocycles. The van der Waals surface area contributed by atoms with Gasteiger partial charge in [0.1, 0.15) is 0 Å². The Balaban J connectivity index is 2.02. The Kier molecular flexibility index (Phi) is 4.48. The first kappa shape index (κ1) is 15.7. The van der Waals surface area contributed by atoms with Crippen molar-refractivity contribution >= 4 is 28.3 Å². The van der Waals surface area contributed by atoms with Gasteiger partial charge in [-0.05, 0) is 45.0 Å². The number of hydrogen-bond donors (Lipinski definition) is 0. The number of thiophene rings is 1. The van der Waals surface area contributed by atoms with Crippen LogP contribution in [-0.2, 0) is 6.54 Å². The van der Waals surface area contributed by atoms with E-state index >= 15 is 0 Å². The monoisotopic (exact) mass is 327 g/mol. The van der Waals surface area contributed by atoms with Crippen LogP contribution in [0.5, 0.6) is 0 Å². The number of imidazole rings is 1. The zero-order valence-electron chi connectivity index (χ0n) is 13.7. The first-order valence-corrected chi connectivity index (χ1v) is 8.85. The predicted octanol–water partition coefficient (Wildman–Crippen LogP) is 4.27. The second kappa shape index (κ2) is 6.54. The molecule has 2 aromatic heterocycles. The number of nitrogens with zero attached hydrogens (tertiary/aromatic N) is 3. The maximum Gasteiger partial charge on any atom is 0.263 e. The SMILES string of the molecule is CCN(CC)C(=O)c1ccc(-c2nc3ccccc3n2CC)s1. The maximum atomic E-state index is 12.5. The highest BCUT2D eigenvalue weighted by Crippen LogP contribution is 2.31. The molecular formula is C18H21N3OS. The minimum absolute atomic E-state index is 0.102. The Morgan fingerprint density at radius 2 is 1.87 bits per heavy atom. The molecule has 5 heteroatoms. The summed E-state index contributed by atoms with van der Waals surface area (Å²) < 4.78 is 2.20. The van der Waals surface area contributed by atoms with Crippen LogP contribution in [-0.4, -0.2) is 33.4 Å². The lowest BCUT2D eigenvalue weighted by molar-refractivity contribution is 0.0778. The smallest absolute Gasteiger partial charge is 0.263 e. The molecule has 1 amide bonds. The van der Waals surface area contributed by atoms with Crippen molar-refractivity contribution in [2.45, 2.75) is 27.3 Å². The summed E-state index contributed by atoms with van der Waals surface area (Å²) in [5, 5.41) is 0. The van der Waals surface area contributed by atoms with Crippen molar-refractivity contribution in [2.24, 2.45) is 0 Å². The summed E-state index contributed by atoms with van der Waals surface area (Å²) >= 11 is 1.52. The first-order chi connectivity index (χ1) is 11.2. The van der Waals surface area contributed by atoms with Gasteiger partial charge in [-0.3, -0.25) is 4.79 Å². The molecule has 23 heavy (non-hydrogen) atoms. The van der Waals surface area contributed by atoms with E-state index in [1.165, 1.54) is 11.3 Å². The normalized spacial score (nSPS) is 11.1. The molecule has 0 spiro atoms. The molecule has 0 saturated heterocycles. The molecule has 0 N–H and O–H groups in total. The van der Waals surface area contributed by atoms with Crippen LogP contribution in [0.15, 0.2) is 36.4 Å². The summed E-state index contributed by atoms with van der Waals surface area (Å²) in [5.74, 6) is 1.04. The minimum Gasteiger partial charge on any atom is -0.339 e. The van der Waals surface area contributed by atoms with Crippen LogP contribution in [0.2, 0.25) is 0 Å². The molecule has 0 fully saturated rings. The van der Waals surface area contributed by atoms with Gasteiger partial charge >= 0.3 is 0 Å². The van der Waals surface area contributed by atoms with Crippen LogP contribution in [0.1, 0.15) is 30.4 Å². The van der Waals surface area contributed by atoms with Crippen molar-refractivity contribution in [3.05, 3.63) is 41.3 Å². The zero-order valence-corrected chi connectivity index (χ0v) is 14.6.